The van der Waals surface area contributed by atoms with Gasteiger partial charge >= 0.3 is 0 Å². The van der Waals surface area contributed by atoms with Crippen LogP contribution in [0.2, 0.25) is 0 Å². The Bertz CT molecular complexity index is 463. The maximum atomic E-state index is 5.66. The highest BCUT2D eigenvalue weighted by atomic mass is 16.5. The van der Waals surface area contributed by atoms with Gasteiger partial charge in [-0.25, -0.2) is 0 Å². The molecule has 1 nitrogen and oxygen atoms in total. The molecule has 0 heterocycles. The predicted molar refractivity (Wildman–Crippen MR) is 99.7 cm³/mol. The van der Waals surface area contributed by atoms with E-state index in [2.05, 4.69) is 56.0 Å². The summed E-state index contributed by atoms with van der Waals surface area (Å²) < 4.78 is 5.66. The number of allylic oxidation sites excluding steroid dienone is 2. The number of benzene rings is 1. The highest BCUT2D eigenvalue weighted by molar-refractivity contribution is 5.25. The van der Waals surface area contributed by atoms with E-state index >= 15 is 0 Å². The first-order valence-electron chi connectivity index (χ1n) is 9.26. The van der Waals surface area contributed by atoms with E-state index in [1.54, 1.807) is 0 Å². The van der Waals surface area contributed by atoms with Crippen molar-refractivity contribution in [1.29, 1.82) is 0 Å². The molecule has 0 bridgehead atoms. The van der Waals surface area contributed by atoms with Crippen molar-refractivity contribution in [3.63, 3.8) is 0 Å². The van der Waals surface area contributed by atoms with E-state index in [9.17, 15) is 0 Å². The molecule has 0 unspecified atom stereocenters. The Kier molecular flexibility index (Phi) is 8.17. The monoisotopic (exact) mass is 312 g/mol. The van der Waals surface area contributed by atoms with E-state index in [1.807, 2.05) is 0 Å². The van der Waals surface area contributed by atoms with Crippen LogP contribution in [0.3, 0.4) is 0 Å². The van der Waals surface area contributed by atoms with Crippen LogP contribution < -0.4 is 0 Å². The Hall–Kier alpha value is -1.34. The topological polar surface area (TPSA) is 9.23 Å². The summed E-state index contributed by atoms with van der Waals surface area (Å²) in [7, 11) is 0. The molecule has 1 aliphatic rings. The zero-order valence-corrected chi connectivity index (χ0v) is 14.7. The molecule has 1 aliphatic carbocycles. The third kappa shape index (κ3) is 6.35. The predicted octanol–water partition coefficient (Wildman–Crippen LogP) is 6.41. The van der Waals surface area contributed by atoms with E-state index in [1.165, 1.54) is 49.7 Å². The van der Waals surface area contributed by atoms with Gasteiger partial charge in [0.15, 0.2) is 0 Å². The molecule has 0 atom stereocenters. The van der Waals surface area contributed by atoms with Gasteiger partial charge in [0.05, 0.1) is 13.2 Å². The van der Waals surface area contributed by atoms with Crippen LogP contribution >= 0.6 is 0 Å². The summed E-state index contributed by atoms with van der Waals surface area (Å²) in [4.78, 5) is 0. The first-order valence-corrected chi connectivity index (χ1v) is 9.26. The molecule has 0 radical (unpaired) electrons. The first kappa shape index (κ1) is 18.0. The number of rotatable bonds is 9. The van der Waals surface area contributed by atoms with Crippen LogP contribution in [0.15, 0.2) is 49.1 Å². The number of ether oxygens (including phenoxy) is 1. The Morgan fingerprint density at radius 2 is 1.83 bits per heavy atom. The van der Waals surface area contributed by atoms with E-state index in [0.29, 0.717) is 13.2 Å². The summed E-state index contributed by atoms with van der Waals surface area (Å²) in [5, 5.41) is 0. The van der Waals surface area contributed by atoms with Crippen molar-refractivity contribution in [2.24, 2.45) is 5.92 Å². The summed E-state index contributed by atoms with van der Waals surface area (Å²) in [6.45, 7) is 7.40. The van der Waals surface area contributed by atoms with Gasteiger partial charge in [-0.15, -0.1) is 6.58 Å². The minimum absolute atomic E-state index is 0.711. The van der Waals surface area contributed by atoms with E-state index in [-0.39, 0.29) is 0 Å². The average molecular weight is 312 g/mol. The van der Waals surface area contributed by atoms with Crippen LogP contribution in [0.25, 0.3) is 0 Å². The lowest BCUT2D eigenvalue weighted by Gasteiger charge is -2.28. The standard InChI is InChI=1S/C22H32O/c1-3-5-7-17-23-18-20-11-15-22(16-12-20)21-13-9-19(10-14-21)8-6-4-2/h4-5,7,11-12,15-16,19,21H,2-3,6,8-10,13-14,17-18H2,1H3/t19-,21-. The molecular formula is C22H32O. The lowest BCUT2D eigenvalue weighted by molar-refractivity contribution is 0.148. The van der Waals surface area contributed by atoms with Crippen molar-refractivity contribution in [2.75, 3.05) is 6.61 Å². The van der Waals surface area contributed by atoms with Gasteiger partial charge < -0.3 is 4.74 Å². The van der Waals surface area contributed by atoms with Crippen LogP contribution in [0, 0.1) is 5.92 Å². The number of hydrogen-bond donors (Lipinski definition) is 0. The lowest BCUT2D eigenvalue weighted by Crippen LogP contribution is -2.13. The van der Waals surface area contributed by atoms with Gasteiger partial charge in [-0.2, -0.15) is 0 Å². The maximum absolute atomic E-state index is 5.66. The van der Waals surface area contributed by atoms with Crippen LogP contribution in [0.1, 0.15) is 68.9 Å². The molecule has 0 spiro atoms. The summed E-state index contributed by atoms with van der Waals surface area (Å²) in [5.74, 6) is 1.69. The SMILES string of the molecule is C=CCC[C@H]1CC[C@H](c2ccc(COCC=CCC)cc2)CC1. The van der Waals surface area contributed by atoms with Crippen molar-refractivity contribution in [3.8, 4) is 0 Å². The fourth-order valence-electron chi connectivity index (χ4n) is 3.50. The minimum atomic E-state index is 0.711. The first-order chi connectivity index (χ1) is 11.3. The lowest BCUT2D eigenvalue weighted by atomic mass is 9.77. The molecule has 0 N–H and O–H groups in total. The van der Waals surface area contributed by atoms with Crippen LogP contribution in [-0.2, 0) is 11.3 Å². The zero-order chi connectivity index (χ0) is 16.3. The third-order valence-electron chi connectivity index (χ3n) is 4.96. The molecule has 0 saturated heterocycles. The van der Waals surface area contributed by atoms with Crippen LogP contribution in [-0.4, -0.2) is 6.61 Å². The molecule has 0 amide bonds. The number of hydrogen-bond acceptors (Lipinski definition) is 1. The van der Waals surface area contributed by atoms with E-state index in [4.69, 9.17) is 4.74 Å². The molecule has 0 aromatic heterocycles. The summed E-state index contributed by atoms with van der Waals surface area (Å²) in [5.41, 5.74) is 2.79. The van der Waals surface area contributed by atoms with Crippen molar-refractivity contribution >= 4 is 0 Å². The Morgan fingerprint density at radius 3 is 2.48 bits per heavy atom. The molecule has 1 heteroatoms. The van der Waals surface area contributed by atoms with Gasteiger partial charge in [0.1, 0.15) is 0 Å². The second-order valence-corrected chi connectivity index (χ2v) is 6.72. The van der Waals surface area contributed by atoms with Gasteiger partial charge in [-0.1, -0.05) is 49.4 Å². The second kappa shape index (κ2) is 10.4. The molecule has 0 aliphatic heterocycles. The smallest absolute Gasteiger partial charge is 0.0721 e. The normalized spacial score (nSPS) is 21.6. The fraction of sp³-hybridized carbons (Fsp3) is 0.545. The molecule has 1 saturated carbocycles. The zero-order valence-electron chi connectivity index (χ0n) is 14.7. The summed E-state index contributed by atoms with van der Waals surface area (Å²) in [6.07, 6.45) is 15.3. The van der Waals surface area contributed by atoms with Gasteiger partial charge in [0.2, 0.25) is 0 Å². The Morgan fingerprint density at radius 1 is 1.09 bits per heavy atom. The van der Waals surface area contributed by atoms with Gasteiger partial charge in [0, 0.05) is 0 Å². The Labute approximate surface area is 142 Å². The van der Waals surface area contributed by atoms with Gasteiger partial charge in [-0.05, 0) is 67.9 Å². The molecule has 1 aromatic rings. The second-order valence-electron chi connectivity index (χ2n) is 6.72. The average Bonchev–Trinajstić information content (AvgIpc) is 2.61. The van der Waals surface area contributed by atoms with Crippen LogP contribution in [0.5, 0.6) is 0 Å². The van der Waals surface area contributed by atoms with Crippen molar-refractivity contribution in [1.82, 2.24) is 0 Å². The van der Waals surface area contributed by atoms with E-state index in [0.717, 1.165) is 18.3 Å². The van der Waals surface area contributed by atoms with Crippen molar-refractivity contribution < 1.29 is 4.74 Å². The Balaban J connectivity index is 1.74. The largest absolute Gasteiger partial charge is 0.373 e. The molecule has 1 fully saturated rings. The molecular weight excluding hydrogens is 280 g/mol. The maximum Gasteiger partial charge on any atom is 0.0721 e. The van der Waals surface area contributed by atoms with Crippen molar-refractivity contribution in [2.45, 2.75) is 64.4 Å². The van der Waals surface area contributed by atoms with Gasteiger partial charge in [0.25, 0.3) is 0 Å². The highest BCUT2D eigenvalue weighted by Crippen LogP contribution is 2.37. The highest BCUT2D eigenvalue weighted by Gasteiger charge is 2.21. The molecule has 126 valence electrons. The molecule has 2 rings (SSSR count). The third-order valence-corrected chi connectivity index (χ3v) is 4.96. The quantitative estimate of drug-likeness (QED) is 0.378. The van der Waals surface area contributed by atoms with Crippen LogP contribution in [0.4, 0.5) is 0 Å². The molecule has 1 aromatic carbocycles. The molecule has 23 heavy (non-hydrogen) atoms. The fourth-order valence-corrected chi connectivity index (χ4v) is 3.50. The van der Waals surface area contributed by atoms with Gasteiger partial charge in [-0.3, -0.25) is 0 Å². The minimum Gasteiger partial charge on any atom is -0.373 e. The summed E-state index contributed by atoms with van der Waals surface area (Å²) >= 11 is 0. The summed E-state index contributed by atoms with van der Waals surface area (Å²) in [6, 6.07) is 9.11. The van der Waals surface area contributed by atoms with E-state index < -0.39 is 0 Å². The van der Waals surface area contributed by atoms with Crippen molar-refractivity contribution in [3.05, 3.63) is 60.2 Å².